The summed E-state index contributed by atoms with van der Waals surface area (Å²) >= 11 is 0. The third kappa shape index (κ3) is 4.36. The van der Waals surface area contributed by atoms with E-state index in [1.54, 1.807) is 0 Å². The predicted molar refractivity (Wildman–Crippen MR) is 122 cm³/mol. The molecule has 5 heteroatoms. The van der Waals surface area contributed by atoms with Gasteiger partial charge in [0.05, 0.1) is 5.69 Å². The van der Waals surface area contributed by atoms with E-state index in [-0.39, 0.29) is 23.4 Å². The van der Waals surface area contributed by atoms with Gasteiger partial charge in [-0.2, -0.15) is 0 Å². The van der Waals surface area contributed by atoms with Crippen molar-refractivity contribution < 1.29 is 9.59 Å². The van der Waals surface area contributed by atoms with Crippen LogP contribution in [-0.4, -0.2) is 26.6 Å². The molecule has 31 heavy (non-hydrogen) atoms. The lowest BCUT2D eigenvalue weighted by Crippen LogP contribution is -2.13. The third-order valence-corrected chi connectivity index (χ3v) is 6.29. The third-order valence-electron chi connectivity index (χ3n) is 6.29. The SMILES string of the molecule is CC(C)C(=O)CCC(=O)CCC1Cc2ccccc2-c2c(nnn2C)-c2ccccc21. The first kappa shape index (κ1) is 21.2. The summed E-state index contributed by atoms with van der Waals surface area (Å²) in [6.07, 6.45) is 2.80. The van der Waals surface area contributed by atoms with Crippen molar-refractivity contribution in [1.29, 1.82) is 0 Å². The molecule has 1 aromatic heterocycles. The maximum atomic E-state index is 12.5. The normalized spacial score (nSPS) is 14.9. The number of carbonyl (C=O) groups excluding carboxylic acids is 2. The van der Waals surface area contributed by atoms with Crippen LogP contribution in [0.25, 0.3) is 22.5 Å². The number of hydrogen-bond acceptors (Lipinski definition) is 4. The summed E-state index contributed by atoms with van der Waals surface area (Å²) in [7, 11) is 1.93. The summed E-state index contributed by atoms with van der Waals surface area (Å²) in [6, 6.07) is 16.7. The Morgan fingerprint density at radius 2 is 1.71 bits per heavy atom. The monoisotopic (exact) mass is 415 g/mol. The Kier molecular flexibility index (Phi) is 6.12. The molecule has 0 saturated carbocycles. The minimum Gasteiger partial charge on any atom is -0.300 e. The van der Waals surface area contributed by atoms with E-state index in [9.17, 15) is 9.59 Å². The molecule has 1 atom stereocenters. The van der Waals surface area contributed by atoms with Gasteiger partial charge in [0.1, 0.15) is 17.3 Å². The molecule has 0 radical (unpaired) electrons. The van der Waals surface area contributed by atoms with E-state index < -0.39 is 0 Å². The first-order valence-corrected chi connectivity index (χ1v) is 11.1. The fraction of sp³-hybridized carbons (Fsp3) is 0.385. The van der Waals surface area contributed by atoms with Gasteiger partial charge in [0.2, 0.25) is 0 Å². The van der Waals surface area contributed by atoms with Gasteiger partial charge in [-0.1, -0.05) is 67.6 Å². The average Bonchev–Trinajstić information content (AvgIpc) is 3.14. The Morgan fingerprint density at radius 3 is 2.48 bits per heavy atom. The minimum absolute atomic E-state index is 0.0111. The highest BCUT2D eigenvalue weighted by Gasteiger charge is 2.27. The second kappa shape index (κ2) is 8.96. The number of hydrogen-bond donors (Lipinski definition) is 0. The lowest BCUT2D eigenvalue weighted by molar-refractivity contribution is -0.126. The van der Waals surface area contributed by atoms with Crippen LogP contribution in [-0.2, 0) is 23.1 Å². The van der Waals surface area contributed by atoms with Crippen LogP contribution in [0.5, 0.6) is 0 Å². The predicted octanol–water partition coefficient (Wildman–Crippen LogP) is 5.14. The molecule has 0 spiro atoms. The van der Waals surface area contributed by atoms with Gasteiger partial charge >= 0.3 is 0 Å². The molecule has 0 fully saturated rings. The zero-order valence-corrected chi connectivity index (χ0v) is 18.5. The molecule has 2 aromatic carbocycles. The Labute approximate surface area is 183 Å². The van der Waals surface area contributed by atoms with Crippen molar-refractivity contribution in [2.45, 2.75) is 51.9 Å². The number of carbonyl (C=O) groups is 2. The molecule has 0 amide bonds. The van der Waals surface area contributed by atoms with Crippen molar-refractivity contribution in [2.75, 3.05) is 0 Å². The van der Waals surface area contributed by atoms with Crippen LogP contribution in [0.1, 0.15) is 56.6 Å². The number of Topliss-reactive ketones (excluding diaryl/α,β-unsaturated/α-hetero) is 2. The van der Waals surface area contributed by atoms with Crippen molar-refractivity contribution in [2.24, 2.45) is 13.0 Å². The summed E-state index contributed by atoms with van der Waals surface area (Å²) in [5.74, 6) is 0.524. The van der Waals surface area contributed by atoms with Gasteiger partial charge in [0, 0.05) is 43.4 Å². The van der Waals surface area contributed by atoms with Crippen molar-refractivity contribution >= 4 is 11.6 Å². The summed E-state index contributed by atoms with van der Waals surface area (Å²) in [6.45, 7) is 3.77. The van der Waals surface area contributed by atoms with E-state index in [0.717, 1.165) is 35.4 Å². The maximum absolute atomic E-state index is 12.5. The van der Waals surface area contributed by atoms with Crippen LogP contribution < -0.4 is 0 Å². The zero-order valence-electron chi connectivity index (χ0n) is 18.5. The maximum Gasteiger partial charge on any atom is 0.135 e. The Morgan fingerprint density at radius 1 is 1.00 bits per heavy atom. The second-order valence-electron chi connectivity index (χ2n) is 8.75. The van der Waals surface area contributed by atoms with Gasteiger partial charge in [0.25, 0.3) is 0 Å². The molecular formula is C26H29N3O2. The first-order chi connectivity index (χ1) is 15.0. The fourth-order valence-corrected chi connectivity index (χ4v) is 4.48. The Bertz CT molecular complexity index is 1110. The number of aromatic nitrogens is 3. The van der Waals surface area contributed by atoms with Gasteiger partial charge in [-0.15, -0.1) is 5.10 Å². The van der Waals surface area contributed by atoms with Crippen LogP contribution in [0.4, 0.5) is 0 Å². The van der Waals surface area contributed by atoms with Gasteiger partial charge in [-0.25, -0.2) is 4.68 Å². The quantitative estimate of drug-likeness (QED) is 0.536. The van der Waals surface area contributed by atoms with E-state index in [1.807, 2.05) is 37.7 Å². The van der Waals surface area contributed by atoms with Crippen molar-refractivity contribution in [3.8, 4) is 22.5 Å². The lowest BCUT2D eigenvalue weighted by atomic mass is 9.80. The first-order valence-electron chi connectivity index (χ1n) is 11.1. The summed E-state index contributed by atoms with van der Waals surface area (Å²) in [4.78, 5) is 24.4. The number of aryl methyl sites for hydroxylation is 1. The molecule has 0 N–H and O–H groups in total. The van der Waals surface area contributed by atoms with Crippen LogP contribution in [0.15, 0.2) is 48.5 Å². The molecule has 1 unspecified atom stereocenters. The van der Waals surface area contributed by atoms with Gasteiger partial charge in [-0.05, 0) is 29.9 Å². The molecule has 160 valence electrons. The highest BCUT2D eigenvalue weighted by Crippen LogP contribution is 2.42. The molecule has 4 rings (SSSR count). The summed E-state index contributed by atoms with van der Waals surface area (Å²) in [5, 5.41) is 8.82. The number of nitrogens with zero attached hydrogens (tertiary/aromatic N) is 3. The molecule has 1 aliphatic carbocycles. The van der Waals surface area contributed by atoms with E-state index in [0.29, 0.717) is 19.3 Å². The van der Waals surface area contributed by atoms with Crippen LogP contribution >= 0.6 is 0 Å². The number of rotatable bonds is 7. The van der Waals surface area contributed by atoms with E-state index in [2.05, 4.69) is 46.7 Å². The molecule has 1 heterocycles. The van der Waals surface area contributed by atoms with Crippen molar-refractivity contribution in [3.05, 3.63) is 59.7 Å². The van der Waals surface area contributed by atoms with E-state index in [1.165, 1.54) is 11.1 Å². The van der Waals surface area contributed by atoms with Gasteiger partial charge in [-0.3, -0.25) is 9.59 Å². The lowest BCUT2D eigenvalue weighted by Gasteiger charge is -2.24. The summed E-state index contributed by atoms with van der Waals surface area (Å²) < 4.78 is 1.85. The fourth-order valence-electron chi connectivity index (χ4n) is 4.48. The van der Waals surface area contributed by atoms with Crippen molar-refractivity contribution in [1.82, 2.24) is 15.0 Å². The summed E-state index contributed by atoms with van der Waals surface area (Å²) in [5.41, 5.74) is 6.63. The molecule has 0 aliphatic heterocycles. The average molecular weight is 416 g/mol. The standard InChI is InChI=1S/C26H29N3O2/c1-17(2)24(31)15-14-20(30)13-12-19-16-18-8-4-5-10-22(18)26-25(27-28-29(26)3)23-11-7-6-9-21(19)23/h4-11,17,19H,12-16H2,1-3H3. The van der Waals surface area contributed by atoms with E-state index >= 15 is 0 Å². The molecule has 5 nitrogen and oxygen atoms in total. The Balaban J connectivity index is 1.64. The van der Waals surface area contributed by atoms with Gasteiger partial charge in [0.15, 0.2) is 0 Å². The molecule has 0 bridgehead atoms. The number of benzene rings is 2. The van der Waals surface area contributed by atoms with Crippen molar-refractivity contribution in [3.63, 3.8) is 0 Å². The highest BCUT2D eigenvalue weighted by atomic mass is 16.1. The Hall–Kier alpha value is -3.08. The second-order valence-corrected chi connectivity index (χ2v) is 8.75. The number of fused-ring (bicyclic) bond motifs is 5. The zero-order chi connectivity index (χ0) is 22.0. The van der Waals surface area contributed by atoms with E-state index in [4.69, 9.17) is 0 Å². The van der Waals surface area contributed by atoms with Gasteiger partial charge < -0.3 is 0 Å². The minimum atomic E-state index is -0.0111. The smallest absolute Gasteiger partial charge is 0.135 e. The molecular weight excluding hydrogens is 386 g/mol. The molecule has 0 saturated heterocycles. The number of ketones is 2. The van der Waals surface area contributed by atoms with Crippen LogP contribution in [0, 0.1) is 5.92 Å². The molecule has 1 aliphatic rings. The largest absolute Gasteiger partial charge is 0.300 e. The molecule has 3 aromatic rings. The van der Waals surface area contributed by atoms with Crippen LogP contribution in [0.2, 0.25) is 0 Å². The highest BCUT2D eigenvalue weighted by molar-refractivity contribution is 5.87. The van der Waals surface area contributed by atoms with Crippen LogP contribution in [0.3, 0.4) is 0 Å². The topological polar surface area (TPSA) is 64.8 Å².